The third-order valence-electron chi connectivity index (χ3n) is 2.16. The lowest BCUT2D eigenvalue weighted by Gasteiger charge is -2.03. The molecule has 1 aromatic heterocycles. The van der Waals surface area contributed by atoms with E-state index >= 15 is 0 Å². The van der Waals surface area contributed by atoms with E-state index in [1.165, 1.54) is 17.8 Å². The number of tetrazole rings is 1. The van der Waals surface area contributed by atoms with Gasteiger partial charge in [0.2, 0.25) is 5.16 Å². The molecular formula is C10H8BrFN4O2S. The van der Waals surface area contributed by atoms with E-state index in [-0.39, 0.29) is 12.4 Å². The Labute approximate surface area is 120 Å². The highest BCUT2D eigenvalue weighted by Crippen LogP contribution is 2.23. The number of thioether (sulfide) groups is 1. The molecule has 0 unspecified atom stereocenters. The maximum absolute atomic E-state index is 13.6. The number of hydrogen-bond acceptors (Lipinski definition) is 5. The zero-order valence-electron chi connectivity index (χ0n) is 9.45. The van der Waals surface area contributed by atoms with Gasteiger partial charge in [0.1, 0.15) is 12.4 Å². The Kier molecular flexibility index (Phi) is 4.48. The third-order valence-corrected chi connectivity index (χ3v) is 3.66. The molecule has 100 valence electrons. The monoisotopic (exact) mass is 346 g/mol. The Hall–Kier alpha value is -1.48. The van der Waals surface area contributed by atoms with Crippen LogP contribution in [0.2, 0.25) is 0 Å². The SMILES string of the molecule is O=C(O)Cn1nnnc1SCc1ccc(Br)cc1F. The number of carboxylic acids is 1. The second-order valence-electron chi connectivity index (χ2n) is 3.54. The quantitative estimate of drug-likeness (QED) is 0.833. The van der Waals surface area contributed by atoms with Crippen LogP contribution in [0.5, 0.6) is 0 Å². The largest absolute Gasteiger partial charge is 0.480 e. The molecule has 19 heavy (non-hydrogen) atoms. The normalized spacial score (nSPS) is 10.6. The number of carboxylic acid groups (broad SMARTS) is 1. The summed E-state index contributed by atoms with van der Waals surface area (Å²) >= 11 is 4.35. The number of benzene rings is 1. The number of hydrogen-bond donors (Lipinski definition) is 1. The van der Waals surface area contributed by atoms with Crippen LogP contribution in [0.4, 0.5) is 4.39 Å². The number of aliphatic carboxylic acids is 1. The minimum atomic E-state index is -1.04. The first-order chi connectivity index (χ1) is 9.06. The van der Waals surface area contributed by atoms with Gasteiger partial charge in [-0.1, -0.05) is 33.8 Å². The van der Waals surface area contributed by atoms with Crippen molar-refractivity contribution in [1.29, 1.82) is 0 Å². The van der Waals surface area contributed by atoms with Crippen molar-refractivity contribution in [2.75, 3.05) is 0 Å². The molecule has 0 aliphatic rings. The van der Waals surface area contributed by atoms with E-state index in [0.29, 0.717) is 20.9 Å². The highest BCUT2D eigenvalue weighted by Gasteiger charge is 2.11. The van der Waals surface area contributed by atoms with Crippen LogP contribution in [0.15, 0.2) is 27.8 Å². The summed E-state index contributed by atoms with van der Waals surface area (Å²) in [7, 11) is 0. The van der Waals surface area contributed by atoms with Crippen molar-refractivity contribution in [2.45, 2.75) is 17.5 Å². The van der Waals surface area contributed by atoms with Gasteiger partial charge in [0, 0.05) is 10.2 Å². The van der Waals surface area contributed by atoms with Gasteiger partial charge in [0.25, 0.3) is 0 Å². The molecule has 2 aromatic rings. The average Bonchev–Trinajstić information content (AvgIpc) is 2.74. The Morgan fingerprint density at radius 3 is 3.00 bits per heavy atom. The molecule has 1 aromatic carbocycles. The molecule has 1 heterocycles. The van der Waals surface area contributed by atoms with Crippen molar-refractivity contribution in [3.05, 3.63) is 34.1 Å². The van der Waals surface area contributed by atoms with Gasteiger partial charge in [-0.2, -0.15) is 0 Å². The maximum Gasteiger partial charge on any atom is 0.325 e. The standard InChI is InChI=1S/C10H8BrFN4O2S/c11-7-2-1-6(8(12)3-7)5-19-10-13-14-15-16(10)4-9(17)18/h1-3H,4-5H2,(H,17,18). The summed E-state index contributed by atoms with van der Waals surface area (Å²) in [5.41, 5.74) is 0.498. The molecule has 0 aliphatic carbocycles. The first-order valence-corrected chi connectivity index (χ1v) is 6.89. The minimum absolute atomic E-state index is 0.319. The number of aromatic nitrogens is 4. The number of nitrogens with zero attached hydrogens (tertiary/aromatic N) is 4. The second-order valence-corrected chi connectivity index (χ2v) is 5.40. The zero-order valence-corrected chi connectivity index (χ0v) is 11.9. The highest BCUT2D eigenvalue weighted by molar-refractivity contribution is 9.10. The fourth-order valence-electron chi connectivity index (χ4n) is 1.31. The summed E-state index contributed by atoms with van der Waals surface area (Å²) in [5, 5.41) is 19.7. The van der Waals surface area contributed by atoms with Gasteiger partial charge in [-0.25, -0.2) is 9.07 Å². The minimum Gasteiger partial charge on any atom is -0.480 e. The topological polar surface area (TPSA) is 80.9 Å². The zero-order chi connectivity index (χ0) is 13.8. The fraction of sp³-hybridized carbons (Fsp3) is 0.200. The predicted molar refractivity (Wildman–Crippen MR) is 69.1 cm³/mol. The van der Waals surface area contributed by atoms with Crippen molar-refractivity contribution in [1.82, 2.24) is 20.2 Å². The smallest absolute Gasteiger partial charge is 0.325 e. The van der Waals surface area contributed by atoms with E-state index in [4.69, 9.17) is 5.11 Å². The number of rotatable bonds is 5. The molecule has 1 N–H and O–H groups in total. The molecule has 0 spiro atoms. The van der Waals surface area contributed by atoms with Gasteiger partial charge >= 0.3 is 5.97 Å². The van der Waals surface area contributed by atoms with Crippen molar-refractivity contribution in [2.24, 2.45) is 0 Å². The van der Waals surface area contributed by atoms with Gasteiger partial charge in [-0.15, -0.1) is 5.10 Å². The van der Waals surface area contributed by atoms with Crippen molar-refractivity contribution in [3.63, 3.8) is 0 Å². The molecule has 0 saturated heterocycles. The van der Waals surface area contributed by atoms with E-state index in [1.807, 2.05) is 0 Å². The molecule has 0 aliphatic heterocycles. The van der Waals surface area contributed by atoms with Crippen LogP contribution in [0.3, 0.4) is 0 Å². The highest BCUT2D eigenvalue weighted by atomic mass is 79.9. The van der Waals surface area contributed by atoms with Crippen LogP contribution >= 0.6 is 27.7 Å². The lowest BCUT2D eigenvalue weighted by atomic mass is 10.2. The molecule has 2 rings (SSSR count). The van der Waals surface area contributed by atoms with Crippen LogP contribution in [0, 0.1) is 5.82 Å². The summed E-state index contributed by atoms with van der Waals surface area (Å²) in [5.74, 6) is -1.05. The van der Waals surface area contributed by atoms with Gasteiger partial charge in [-0.3, -0.25) is 4.79 Å². The van der Waals surface area contributed by atoms with E-state index in [9.17, 15) is 9.18 Å². The first kappa shape index (κ1) is 13.9. The van der Waals surface area contributed by atoms with Crippen LogP contribution in [-0.4, -0.2) is 31.3 Å². The third kappa shape index (κ3) is 3.74. The second kappa shape index (κ2) is 6.11. The van der Waals surface area contributed by atoms with Crippen LogP contribution in [0.1, 0.15) is 5.56 Å². The first-order valence-electron chi connectivity index (χ1n) is 5.11. The summed E-state index contributed by atoms with van der Waals surface area (Å²) in [6.45, 7) is -0.321. The summed E-state index contributed by atoms with van der Waals surface area (Å²) in [6.07, 6.45) is 0. The maximum atomic E-state index is 13.6. The molecule has 0 fully saturated rings. The van der Waals surface area contributed by atoms with Crippen molar-refractivity contribution >= 4 is 33.7 Å². The molecule has 0 bridgehead atoms. The molecule has 0 amide bonds. The van der Waals surface area contributed by atoms with Crippen LogP contribution in [-0.2, 0) is 17.1 Å². The number of halogens is 2. The molecule has 6 nitrogen and oxygen atoms in total. The van der Waals surface area contributed by atoms with Gasteiger partial charge in [0.05, 0.1) is 0 Å². The molecule has 9 heteroatoms. The van der Waals surface area contributed by atoms with Gasteiger partial charge in [0.15, 0.2) is 0 Å². The summed E-state index contributed by atoms with van der Waals surface area (Å²) in [6, 6.07) is 4.76. The fourth-order valence-corrected chi connectivity index (χ4v) is 2.50. The van der Waals surface area contributed by atoms with Crippen LogP contribution < -0.4 is 0 Å². The summed E-state index contributed by atoms with van der Waals surface area (Å²) in [4.78, 5) is 10.6. The van der Waals surface area contributed by atoms with Crippen molar-refractivity contribution < 1.29 is 14.3 Å². The Morgan fingerprint density at radius 2 is 2.32 bits per heavy atom. The molecule has 0 atom stereocenters. The molecular weight excluding hydrogens is 339 g/mol. The van der Waals surface area contributed by atoms with Gasteiger partial charge < -0.3 is 5.11 Å². The predicted octanol–water partition coefficient (Wildman–Crippen LogP) is 1.95. The van der Waals surface area contributed by atoms with E-state index in [0.717, 1.165) is 4.68 Å². The van der Waals surface area contributed by atoms with Crippen molar-refractivity contribution in [3.8, 4) is 0 Å². The van der Waals surface area contributed by atoms with Gasteiger partial charge in [-0.05, 0) is 28.1 Å². The molecule has 0 radical (unpaired) electrons. The lowest BCUT2D eigenvalue weighted by Crippen LogP contribution is -2.11. The van der Waals surface area contributed by atoms with Crippen LogP contribution in [0.25, 0.3) is 0 Å². The van der Waals surface area contributed by atoms with E-state index in [1.54, 1.807) is 12.1 Å². The molecule has 0 saturated carbocycles. The van der Waals surface area contributed by atoms with E-state index in [2.05, 4.69) is 31.5 Å². The Balaban J connectivity index is 2.06. The Morgan fingerprint density at radius 1 is 1.53 bits per heavy atom. The Bertz CT molecular complexity index is 607. The number of carbonyl (C=O) groups is 1. The lowest BCUT2D eigenvalue weighted by molar-refractivity contribution is -0.138. The van der Waals surface area contributed by atoms with E-state index < -0.39 is 5.97 Å². The summed E-state index contributed by atoms with van der Waals surface area (Å²) < 4.78 is 15.4. The average molecular weight is 347 g/mol.